The maximum absolute atomic E-state index is 12.0. The van der Waals surface area contributed by atoms with Gasteiger partial charge in [-0.25, -0.2) is 9.59 Å². The SMILES string of the molecule is O=C(CCCC[C@@H]1SC[C@@H]2NC(=O)N[C@@H]21)NCCSSCCC(=O)ON1C(=O)C[C@H](S(=O)(=O)O)C1=O. The van der Waals surface area contributed by atoms with Crippen molar-refractivity contribution in [1.29, 1.82) is 0 Å². The van der Waals surface area contributed by atoms with Crippen LogP contribution in [0.25, 0.3) is 0 Å². The van der Waals surface area contributed by atoms with Gasteiger partial charge < -0.3 is 20.8 Å². The van der Waals surface area contributed by atoms with Crippen molar-refractivity contribution in [3.63, 3.8) is 0 Å². The van der Waals surface area contributed by atoms with Crippen LogP contribution >= 0.6 is 33.3 Å². The van der Waals surface area contributed by atoms with Crippen LogP contribution in [-0.2, 0) is 34.1 Å². The third-order valence-electron chi connectivity index (χ3n) is 5.68. The van der Waals surface area contributed by atoms with Crippen molar-refractivity contribution in [3.8, 4) is 0 Å². The van der Waals surface area contributed by atoms with Gasteiger partial charge in [0, 0.05) is 35.5 Å². The minimum atomic E-state index is -4.76. The minimum Gasteiger partial charge on any atom is -0.355 e. The standard InChI is InChI=1S/C19H28N4O9S4/c24-14(4-2-1-3-12-17-11(10-33-12)21-19(28)22-17)20-6-8-35-34-7-5-16(26)32-23-15(25)9-13(18(23)27)36(29,30)31/h11-13,17H,1-10H2,(H,20,24)(H2,21,22,28)(H,29,30,31)/t11-,12-,13-,17-/m0/s1. The molecule has 0 radical (unpaired) electrons. The molecule has 0 spiro atoms. The van der Waals surface area contributed by atoms with Crippen molar-refractivity contribution in [2.45, 2.75) is 61.1 Å². The first-order valence-corrected chi connectivity index (χ1v) is 16.3. The number of carbonyl (C=O) groups is 5. The van der Waals surface area contributed by atoms with E-state index in [2.05, 4.69) is 20.8 Å². The molecule has 0 aromatic rings. The Morgan fingerprint density at radius 3 is 2.61 bits per heavy atom. The number of urea groups is 1. The summed E-state index contributed by atoms with van der Waals surface area (Å²) in [6.45, 7) is 0.467. The zero-order valence-corrected chi connectivity index (χ0v) is 22.4. The predicted octanol–water partition coefficient (Wildman–Crippen LogP) is 0.0734. The average molecular weight is 585 g/mol. The molecule has 202 valence electrons. The van der Waals surface area contributed by atoms with Crippen LogP contribution in [0.2, 0.25) is 0 Å². The summed E-state index contributed by atoms with van der Waals surface area (Å²) in [6.07, 6.45) is 2.18. The molecule has 0 unspecified atom stereocenters. The Hall–Kier alpha value is -1.69. The number of nitrogens with zero attached hydrogens (tertiary/aromatic N) is 1. The van der Waals surface area contributed by atoms with Gasteiger partial charge in [-0.05, 0) is 12.8 Å². The van der Waals surface area contributed by atoms with Crippen molar-refractivity contribution >= 4 is 73.2 Å². The van der Waals surface area contributed by atoms with Crippen LogP contribution in [0, 0.1) is 0 Å². The number of nitrogens with one attached hydrogen (secondary N) is 3. The molecule has 3 rings (SSSR count). The quantitative estimate of drug-likeness (QED) is 0.0708. The largest absolute Gasteiger partial charge is 0.355 e. The van der Waals surface area contributed by atoms with E-state index in [9.17, 15) is 32.4 Å². The van der Waals surface area contributed by atoms with Crippen molar-refractivity contribution in [3.05, 3.63) is 0 Å². The van der Waals surface area contributed by atoms with Crippen molar-refractivity contribution in [2.75, 3.05) is 23.8 Å². The second-order valence-corrected chi connectivity index (χ2v) is 13.9. The van der Waals surface area contributed by atoms with Crippen molar-refractivity contribution in [2.24, 2.45) is 0 Å². The molecule has 36 heavy (non-hydrogen) atoms. The van der Waals surface area contributed by atoms with Gasteiger partial charge in [0.25, 0.3) is 21.9 Å². The lowest BCUT2D eigenvalue weighted by molar-refractivity contribution is -0.197. The monoisotopic (exact) mass is 584 g/mol. The maximum Gasteiger partial charge on any atom is 0.334 e. The lowest BCUT2D eigenvalue weighted by atomic mass is 10.0. The third-order valence-corrected chi connectivity index (χ3v) is 10.7. The van der Waals surface area contributed by atoms with Crippen LogP contribution in [0.4, 0.5) is 4.79 Å². The Morgan fingerprint density at radius 2 is 1.89 bits per heavy atom. The normalized spacial score (nSPS) is 25.5. The van der Waals surface area contributed by atoms with E-state index in [1.54, 1.807) is 0 Å². The molecule has 0 aromatic heterocycles. The molecule has 3 fully saturated rings. The lowest BCUT2D eigenvalue weighted by Gasteiger charge is -2.16. The minimum absolute atomic E-state index is 0.0277. The van der Waals surface area contributed by atoms with Crippen LogP contribution < -0.4 is 16.0 Å². The highest BCUT2D eigenvalue weighted by Gasteiger charge is 2.48. The molecule has 0 saturated carbocycles. The molecule has 0 bridgehead atoms. The molecule has 13 nitrogen and oxygen atoms in total. The zero-order valence-electron chi connectivity index (χ0n) is 19.2. The molecule has 5 amide bonds. The summed E-state index contributed by atoms with van der Waals surface area (Å²) in [5, 5.41) is 7.22. The van der Waals surface area contributed by atoms with E-state index in [4.69, 9.17) is 4.55 Å². The summed E-state index contributed by atoms with van der Waals surface area (Å²) in [5.74, 6) is -1.38. The van der Waals surface area contributed by atoms with Crippen LogP contribution in [0.5, 0.6) is 0 Å². The zero-order chi connectivity index (χ0) is 26.3. The number of hydrogen-bond donors (Lipinski definition) is 4. The second-order valence-electron chi connectivity index (χ2n) is 8.31. The molecule has 3 aliphatic heterocycles. The van der Waals surface area contributed by atoms with E-state index in [1.165, 1.54) is 21.6 Å². The molecule has 0 aliphatic carbocycles. The summed E-state index contributed by atoms with van der Waals surface area (Å²) in [6, 6.07) is 0.281. The molecule has 3 saturated heterocycles. The molecule has 4 atom stereocenters. The van der Waals surface area contributed by atoms with Crippen molar-refractivity contribution < 1.29 is 41.8 Å². The molecule has 0 aromatic carbocycles. The number of unbranched alkanes of at least 4 members (excludes halogenated alkanes) is 1. The molecule has 17 heteroatoms. The van der Waals surface area contributed by atoms with E-state index in [-0.39, 0.29) is 35.5 Å². The summed E-state index contributed by atoms with van der Waals surface area (Å²) >= 11 is 1.85. The number of rotatable bonds is 14. The van der Waals surface area contributed by atoms with E-state index in [0.717, 1.165) is 25.0 Å². The summed E-state index contributed by atoms with van der Waals surface area (Å²) in [7, 11) is -1.99. The Morgan fingerprint density at radius 1 is 1.14 bits per heavy atom. The fourth-order valence-electron chi connectivity index (χ4n) is 3.90. The van der Waals surface area contributed by atoms with E-state index >= 15 is 0 Å². The van der Waals surface area contributed by atoms with Gasteiger partial charge in [0.1, 0.15) is 0 Å². The topological polar surface area (TPSA) is 188 Å². The first-order chi connectivity index (χ1) is 17.1. The van der Waals surface area contributed by atoms with E-state index in [1.807, 2.05) is 11.8 Å². The van der Waals surface area contributed by atoms with Gasteiger partial charge in [-0.2, -0.15) is 20.2 Å². The van der Waals surface area contributed by atoms with Crippen LogP contribution in [0.15, 0.2) is 0 Å². The number of hydrogen-bond acceptors (Lipinski definition) is 11. The summed E-state index contributed by atoms with van der Waals surface area (Å²) in [5.41, 5.74) is 0. The summed E-state index contributed by atoms with van der Waals surface area (Å²) in [4.78, 5) is 63.3. The third kappa shape index (κ3) is 8.16. The first-order valence-electron chi connectivity index (χ1n) is 11.3. The lowest BCUT2D eigenvalue weighted by Crippen LogP contribution is -2.36. The highest BCUT2D eigenvalue weighted by molar-refractivity contribution is 8.76. The average Bonchev–Trinajstić information content (AvgIpc) is 3.44. The predicted molar refractivity (Wildman–Crippen MR) is 134 cm³/mol. The highest BCUT2D eigenvalue weighted by atomic mass is 33.1. The van der Waals surface area contributed by atoms with Crippen molar-refractivity contribution in [1.82, 2.24) is 21.0 Å². The van der Waals surface area contributed by atoms with Gasteiger partial charge in [-0.1, -0.05) is 28.0 Å². The number of carbonyl (C=O) groups excluding carboxylic acids is 5. The Kier molecular flexibility index (Phi) is 10.6. The second kappa shape index (κ2) is 13.2. The molecule has 4 N–H and O–H groups in total. The summed E-state index contributed by atoms with van der Waals surface area (Å²) < 4.78 is 31.1. The van der Waals surface area contributed by atoms with Gasteiger partial charge in [-0.3, -0.25) is 18.9 Å². The smallest absolute Gasteiger partial charge is 0.334 e. The number of imide groups is 1. The fraction of sp³-hybridized carbons (Fsp3) is 0.737. The Balaban J connectivity index is 1.16. The van der Waals surface area contributed by atoms with E-state index in [0.29, 0.717) is 29.7 Å². The van der Waals surface area contributed by atoms with Gasteiger partial charge in [0.05, 0.1) is 24.9 Å². The maximum atomic E-state index is 12.0. The van der Waals surface area contributed by atoms with Crippen LogP contribution in [0.3, 0.4) is 0 Å². The fourth-order valence-corrected chi connectivity index (χ4v) is 8.02. The van der Waals surface area contributed by atoms with Gasteiger partial charge in [0.15, 0.2) is 5.25 Å². The van der Waals surface area contributed by atoms with E-state index < -0.39 is 39.6 Å². The Labute approximate surface area is 220 Å². The first kappa shape index (κ1) is 28.9. The molecule has 3 heterocycles. The number of amides is 5. The van der Waals surface area contributed by atoms with Crippen LogP contribution in [0.1, 0.15) is 38.5 Å². The number of fused-ring (bicyclic) bond motifs is 1. The highest BCUT2D eigenvalue weighted by Crippen LogP contribution is 2.33. The van der Waals surface area contributed by atoms with Crippen LogP contribution in [-0.4, -0.2) is 94.1 Å². The number of thioether (sulfide) groups is 1. The molecular formula is C19H28N4O9S4. The molecular weight excluding hydrogens is 556 g/mol. The van der Waals surface area contributed by atoms with Gasteiger partial charge in [0.2, 0.25) is 5.91 Å². The Bertz CT molecular complexity index is 980. The molecule has 3 aliphatic rings. The van der Waals surface area contributed by atoms with Gasteiger partial charge >= 0.3 is 12.0 Å². The van der Waals surface area contributed by atoms with Gasteiger partial charge in [-0.15, -0.1) is 5.06 Å². The number of hydroxylamine groups is 2.